The Bertz CT molecular complexity index is 905. The summed E-state index contributed by atoms with van der Waals surface area (Å²) in [4.78, 5) is 8.07. The lowest BCUT2D eigenvalue weighted by molar-refractivity contribution is 0.169. The van der Waals surface area contributed by atoms with E-state index in [1.807, 2.05) is 26.0 Å². The molecule has 1 atom stereocenters. The van der Waals surface area contributed by atoms with E-state index in [1.54, 1.807) is 12.1 Å². The molecule has 3 aromatic rings. The SMILES string of the molecule is CC(C)c1[nH]c(C(O)Cc2ccc(N)cc2)nc1Sc1cc(F)cc(F)c1. The monoisotopic (exact) mass is 389 g/mol. The molecule has 1 unspecified atom stereocenters. The van der Waals surface area contributed by atoms with Gasteiger partial charge in [0, 0.05) is 23.1 Å². The van der Waals surface area contributed by atoms with E-state index in [9.17, 15) is 13.9 Å². The van der Waals surface area contributed by atoms with Crippen molar-refractivity contribution in [1.82, 2.24) is 9.97 Å². The third kappa shape index (κ3) is 4.87. The minimum atomic E-state index is -0.829. The number of nitrogens with two attached hydrogens (primary N) is 1. The number of anilines is 1. The Kier molecular flexibility index (Phi) is 5.82. The first-order valence-corrected chi connectivity index (χ1v) is 9.39. The molecule has 1 aromatic heterocycles. The van der Waals surface area contributed by atoms with E-state index in [4.69, 9.17) is 5.73 Å². The lowest BCUT2D eigenvalue weighted by Crippen LogP contribution is -2.04. The van der Waals surface area contributed by atoms with Gasteiger partial charge in [0.05, 0.1) is 5.69 Å². The second kappa shape index (κ2) is 8.10. The largest absolute Gasteiger partial charge is 0.399 e. The highest BCUT2D eigenvalue weighted by atomic mass is 32.2. The topological polar surface area (TPSA) is 74.9 Å². The molecule has 0 spiro atoms. The number of hydrogen-bond donors (Lipinski definition) is 3. The Balaban J connectivity index is 1.84. The van der Waals surface area contributed by atoms with Crippen LogP contribution in [0.4, 0.5) is 14.5 Å². The van der Waals surface area contributed by atoms with E-state index in [0.717, 1.165) is 17.3 Å². The fourth-order valence-corrected chi connectivity index (χ4v) is 3.80. The summed E-state index contributed by atoms with van der Waals surface area (Å²) in [6, 6.07) is 10.6. The molecule has 1 heterocycles. The van der Waals surface area contributed by atoms with Gasteiger partial charge in [-0.05, 0) is 35.7 Å². The van der Waals surface area contributed by atoms with E-state index in [-0.39, 0.29) is 5.92 Å². The Hall–Kier alpha value is -2.38. The van der Waals surface area contributed by atoms with Gasteiger partial charge in [-0.3, -0.25) is 0 Å². The number of H-pyrrole nitrogens is 1. The van der Waals surface area contributed by atoms with Crippen molar-refractivity contribution >= 4 is 17.4 Å². The zero-order valence-corrected chi connectivity index (χ0v) is 15.9. The Morgan fingerprint density at radius 2 is 1.74 bits per heavy atom. The zero-order valence-electron chi connectivity index (χ0n) is 15.0. The Labute approximate surface area is 160 Å². The zero-order chi connectivity index (χ0) is 19.6. The third-order valence-electron chi connectivity index (χ3n) is 4.07. The number of halogens is 2. The van der Waals surface area contributed by atoms with Crippen molar-refractivity contribution in [1.29, 1.82) is 0 Å². The second-order valence-electron chi connectivity index (χ2n) is 6.66. The molecular formula is C20H21F2N3OS. The van der Waals surface area contributed by atoms with Crippen LogP contribution in [-0.2, 0) is 6.42 Å². The van der Waals surface area contributed by atoms with Gasteiger partial charge in [0.15, 0.2) is 0 Å². The number of imidazole rings is 1. The number of aromatic amines is 1. The Morgan fingerprint density at radius 1 is 1.11 bits per heavy atom. The van der Waals surface area contributed by atoms with Crippen LogP contribution in [0.5, 0.6) is 0 Å². The molecule has 0 radical (unpaired) electrons. The molecular weight excluding hydrogens is 368 g/mol. The smallest absolute Gasteiger partial charge is 0.136 e. The second-order valence-corrected chi connectivity index (χ2v) is 7.73. The summed E-state index contributed by atoms with van der Waals surface area (Å²) < 4.78 is 26.9. The maximum absolute atomic E-state index is 13.5. The van der Waals surface area contributed by atoms with Gasteiger partial charge >= 0.3 is 0 Å². The van der Waals surface area contributed by atoms with Gasteiger partial charge in [-0.2, -0.15) is 0 Å². The van der Waals surface area contributed by atoms with Crippen LogP contribution < -0.4 is 5.73 Å². The minimum absolute atomic E-state index is 0.107. The molecule has 0 amide bonds. The van der Waals surface area contributed by atoms with Crippen LogP contribution in [0.1, 0.15) is 43.0 Å². The molecule has 0 aliphatic rings. The van der Waals surface area contributed by atoms with Crippen LogP contribution in [-0.4, -0.2) is 15.1 Å². The van der Waals surface area contributed by atoms with Gasteiger partial charge in [0.1, 0.15) is 28.6 Å². The van der Waals surface area contributed by atoms with E-state index in [1.165, 1.54) is 23.9 Å². The number of benzene rings is 2. The predicted octanol–water partition coefficient (Wildman–Crippen LogP) is 4.82. The van der Waals surface area contributed by atoms with Crippen molar-refractivity contribution in [2.45, 2.75) is 42.2 Å². The number of hydrogen-bond acceptors (Lipinski definition) is 4. The van der Waals surface area contributed by atoms with Crippen molar-refractivity contribution < 1.29 is 13.9 Å². The van der Waals surface area contributed by atoms with Crippen LogP contribution in [0.2, 0.25) is 0 Å². The summed E-state index contributed by atoms with van der Waals surface area (Å²) in [6.07, 6.45) is -0.450. The molecule has 2 aromatic carbocycles. The Morgan fingerprint density at radius 3 is 2.33 bits per heavy atom. The van der Waals surface area contributed by atoms with Crippen molar-refractivity contribution in [3.63, 3.8) is 0 Å². The molecule has 7 heteroatoms. The molecule has 4 N–H and O–H groups in total. The maximum atomic E-state index is 13.5. The molecule has 0 saturated carbocycles. The molecule has 0 fully saturated rings. The number of aliphatic hydroxyl groups is 1. The first-order chi connectivity index (χ1) is 12.8. The molecule has 142 valence electrons. The number of nitrogens with one attached hydrogen (secondary N) is 1. The lowest BCUT2D eigenvalue weighted by Gasteiger charge is -2.08. The molecule has 0 bridgehead atoms. The molecule has 0 aliphatic carbocycles. The highest BCUT2D eigenvalue weighted by Gasteiger charge is 2.20. The third-order valence-corrected chi connectivity index (χ3v) is 5.04. The van der Waals surface area contributed by atoms with Crippen molar-refractivity contribution in [2.24, 2.45) is 0 Å². The van der Waals surface area contributed by atoms with E-state index in [2.05, 4.69) is 9.97 Å². The first-order valence-electron chi connectivity index (χ1n) is 8.58. The van der Waals surface area contributed by atoms with Crippen LogP contribution >= 0.6 is 11.8 Å². The van der Waals surface area contributed by atoms with Crippen LogP contribution in [0.25, 0.3) is 0 Å². The van der Waals surface area contributed by atoms with Gasteiger partial charge in [0.2, 0.25) is 0 Å². The first kappa shape index (κ1) is 19.4. The summed E-state index contributed by atoms with van der Waals surface area (Å²) in [7, 11) is 0. The van der Waals surface area contributed by atoms with E-state index >= 15 is 0 Å². The molecule has 27 heavy (non-hydrogen) atoms. The van der Waals surface area contributed by atoms with Crippen LogP contribution in [0.15, 0.2) is 52.4 Å². The van der Waals surface area contributed by atoms with E-state index < -0.39 is 17.7 Å². The fourth-order valence-electron chi connectivity index (χ4n) is 2.69. The van der Waals surface area contributed by atoms with Gasteiger partial charge in [-0.25, -0.2) is 13.8 Å². The normalized spacial score (nSPS) is 12.5. The van der Waals surface area contributed by atoms with Gasteiger partial charge < -0.3 is 15.8 Å². The molecule has 4 nitrogen and oxygen atoms in total. The molecule has 3 rings (SSSR count). The minimum Gasteiger partial charge on any atom is -0.399 e. The van der Waals surface area contributed by atoms with Crippen molar-refractivity contribution in [3.8, 4) is 0 Å². The number of aromatic nitrogens is 2. The fraction of sp³-hybridized carbons (Fsp3) is 0.250. The standard InChI is InChI=1S/C20H21F2N3OS/c1-11(2)18-20(27-16-9-13(21)8-14(22)10-16)25-19(24-18)17(26)7-12-3-5-15(23)6-4-12/h3-6,8-11,17,26H,7,23H2,1-2H3,(H,24,25). The summed E-state index contributed by atoms with van der Waals surface area (Å²) >= 11 is 1.17. The molecule has 0 saturated heterocycles. The summed E-state index contributed by atoms with van der Waals surface area (Å²) in [5, 5.41) is 11.2. The number of nitrogens with zero attached hydrogens (tertiary/aromatic N) is 1. The summed E-state index contributed by atoms with van der Waals surface area (Å²) in [6.45, 7) is 3.97. The maximum Gasteiger partial charge on any atom is 0.136 e. The highest BCUT2D eigenvalue weighted by Crippen LogP contribution is 2.34. The van der Waals surface area contributed by atoms with Gasteiger partial charge in [-0.15, -0.1) is 0 Å². The van der Waals surface area contributed by atoms with Crippen molar-refractivity contribution in [2.75, 3.05) is 5.73 Å². The number of nitrogen functional groups attached to an aromatic ring is 1. The highest BCUT2D eigenvalue weighted by molar-refractivity contribution is 7.99. The quantitative estimate of drug-likeness (QED) is 0.528. The predicted molar refractivity (Wildman–Crippen MR) is 103 cm³/mol. The average molecular weight is 389 g/mol. The van der Waals surface area contributed by atoms with E-state index in [0.29, 0.717) is 27.9 Å². The number of aliphatic hydroxyl groups excluding tert-OH is 1. The average Bonchev–Trinajstić information content (AvgIpc) is 3.00. The van der Waals surface area contributed by atoms with Gasteiger partial charge in [0.25, 0.3) is 0 Å². The number of rotatable bonds is 6. The van der Waals surface area contributed by atoms with Gasteiger partial charge in [-0.1, -0.05) is 37.7 Å². The summed E-state index contributed by atoms with van der Waals surface area (Å²) in [5.41, 5.74) is 8.09. The van der Waals surface area contributed by atoms with Crippen LogP contribution in [0, 0.1) is 11.6 Å². The lowest BCUT2D eigenvalue weighted by atomic mass is 10.1. The van der Waals surface area contributed by atoms with Crippen LogP contribution in [0.3, 0.4) is 0 Å². The van der Waals surface area contributed by atoms with Crippen molar-refractivity contribution in [3.05, 3.63) is 71.2 Å². The summed E-state index contributed by atoms with van der Waals surface area (Å²) in [5.74, 6) is -0.740. The molecule has 0 aliphatic heterocycles.